The Balaban J connectivity index is 2.58. The minimum atomic E-state index is -3.35. The van der Waals surface area contributed by atoms with E-state index in [1.165, 1.54) is 22.7 Å². The van der Waals surface area contributed by atoms with Crippen molar-refractivity contribution in [1.82, 2.24) is 8.61 Å². The zero-order valence-corrected chi connectivity index (χ0v) is 11.1. The first-order valence-electron chi connectivity index (χ1n) is 5.73. The van der Waals surface area contributed by atoms with Gasteiger partial charge in [-0.05, 0) is 25.2 Å². The van der Waals surface area contributed by atoms with Gasteiger partial charge < -0.3 is 5.11 Å². The average Bonchev–Trinajstić information content (AvgIpc) is 2.26. The molecule has 0 radical (unpaired) electrons. The van der Waals surface area contributed by atoms with Gasteiger partial charge in [-0.2, -0.15) is 17.0 Å². The Bertz CT molecular complexity index is 367. The summed E-state index contributed by atoms with van der Waals surface area (Å²) < 4.78 is 26.5. The molecule has 7 heteroatoms. The van der Waals surface area contributed by atoms with Crippen molar-refractivity contribution in [3.8, 4) is 0 Å². The molecule has 1 saturated heterocycles. The topological polar surface area (TPSA) is 77.9 Å². The molecule has 1 N–H and O–H groups in total. The third-order valence-corrected chi connectivity index (χ3v) is 4.94. The highest BCUT2D eigenvalue weighted by Crippen LogP contribution is 2.23. The van der Waals surface area contributed by atoms with E-state index in [-0.39, 0.29) is 12.3 Å². The van der Waals surface area contributed by atoms with Crippen LogP contribution in [0.25, 0.3) is 0 Å². The van der Waals surface area contributed by atoms with Gasteiger partial charge in [0.1, 0.15) is 0 Å². The average molecular weight is 264 g/mol. The number of piperidine rings is 1. The van der Waals surface area contributed by atoms with Crippen molar-refractivity contribution in [3.63, 3.8) is 0 Å². The van der Waals surface area contributed by atoms with Gasteiger partial charge >= 0.3 is 5.97 Å². The molecule has 6 nitrogen and oxygen atoms in total. The normalized spacial score (nSPS) is 22.9. The van der Waals surface area contributed by atoms with Crippen LogP contribution in [0.5, 0.6) is 0 Å². The highest BCUT2D eigenvalue weighted by molar-refractivity contribution is 7.86. The molecule has 0 aromatic heterocycles. The van der Waals surface area contributed by atoms with Gasteiger partial charge in [-0.15, -0.1) is 0 Å². The predicted octanol–water partition coefficient (Wildman–Crippen LogP) is 0.370. The monoisotopic (exact) mass is 264 g/mol. The Morgan fingerprint density at radius 3 is 2.65 bits per heavy atom. The molecule has 0 spiro atoms. The van der Waals surface area contributed by atoms with E-state index in [0.29, 0.717) is 19.5 Å². The lowest BCUT2D eigenvalue weighted by atomic mass is 9.95. The number of hydrogen-bond donors (Lipinski definition) is 1. The lowest BCUT2D eigenvalue weighted by Crippen LogP contribution is -2.45. The fraction of sp³-hybridized carbons (Fsp3) is 0.900. The lowest BCUT2D eigenvalue weighted by molar-refractivity contribution is -0.137. The molecule has 1 aliphatic heterocycles. The standard InChI is InChI=1S/C10H20N2O4S/c1-11(2)17(15,16)12-7-3-4-9(8-12)5-6-10(13)14/h9H,3-8H2,1-2H3,(H,13,14). The number of rotatable bonds is 5. The first kappa shape index (κ1) is 14.4. The maximum atomic E-state index is 11.9. The van der Waals surface area contributed by atoms with Crippen molar-refractivity contribution in [2.75, 3.05) is 27.2 Å². The van der Waals surface area contributed by atoms with E-state index in [0.717, 1.165) is 12.8 Å². The van der Waals surface area contributed by atoms with Crippen LogP contribution >= 0.6 is 0 Å². The maximum Gasteiger partial charge on any atom is 0.303 e. The van der Waals surface area contributed by atoms with Gasteiger partial charge in [-0.1, -0.05) is 0 Å². The van der Waals surface area contributed by atoms with Gasteiger partial charge in [0.25, 0.3) is 10.2 Å². The van der Waals surface area contributed by atoms with Crippen molar-refractivity contribution >= 4 is 16.2 Å². The van der Waals surface area contributed by atoms with Crippen LogP contribution in [0.4, 0.5) is 0 Å². The molecule has 1 rings (SSSR count). The van der Waals surface area contributed by atoms with Crippen LogP contribution in [0.15, 0.2) is 0 Å². The number of hydrogen-bond acceptors (Lipinski definition) is 3. The van der Waals surface area contributed by atoms with Crippen molar-refractivity contribution in [1.29, 1.82) is 0 Å². The second kappa shape index (κ2) is 5.79. The Labute approximate surface area is 102 Å². The number of carboxylic acids is 1. The minimum absolute atomic E-state index is 0.112. The fourth-order valence-electron chi connectivity index (χ4n) is 2.03. The quantitative estimate of drug-likeness (QED) is 0.778. The van der Waals surface area contributed by atoms with Crippen LogP contribution in [-0.2, 0) is 15.0 Å². The summed E-state index contributed by atoms with van der Waals surface area (Å²) >= 11 is 0. The van der Waals surface area contributed by atoms with Gasteiger partial charge in [0.15, 0.2) is 0 Å². The summed E-state index contributed by atoms with van der Waals surface area (Å²) in [6.45, 7) is 0.970. The molecule has 0 bridgehead atoms. The fourth-order valence-corrected chi connectivity index (χ4v) is 3.25. The molecule has 1 fully saturated rings. The smallest absolute Gasteiger partial charge is 0.303 e. The highest BCUT2D eigenvalue weighted by Gasteiger charge is 2.30. The van der Waals surface area contributed by atoms with Crippen LogP contribution in [0.3, 0.4) is 0 Å². The lowest BCUT2D eigenvalue weighted by Gasteiger charge is -2.33. The summed E-state index contributed by atoms with van der Waals surface area (Å²) in [5.74, 6) is -0.660. The zero-order valence-electron chi connectivity index (χ0n) is 10.3. The molecule has 0 amide bonds. The van der Waals surface area contributed by atoms with Gasteiger partial charge in [0.05, 0.1) is 0 Å². The number of aliphatic carboxylic acids is 1. The van der Waals surface area contributed by atoms with E-state index in [1.807, 2.05) is 0 Å². The van der Waals surface area contributed by atoms with Crippen molar-refractivity contribution in [3.05, 3.63) is 0 Å². The molecule has 1 atom stereocenters. The molecule has 0 aliphatic carbocycles. The summed E-state index contributed by atoms with van der Waals surface area (Å²) in [6.07, 6.45) is 2.37. The van der Waals surface area contributed by atoms with E-state index in [1.54, 1.807) is 0 Å². The molecule has 17 heavy (non-hydrogen) atoms. The van der Waals surface area contributed by atoms with Crippen LogP contribution in [0.2, 0.25) is 0 Å². The molecular formula is C10H20N2O4S. The van der Waals surface area contributed by atoms with E-state index in [4.69, 9.17) is 5.11 Å². The van der Waals surface area contributed by atoms with Crippen LogP contribution in [0, 0.1) is 5.92 Å². The molecule has 0 aromatic carbocycles. The molecule has 1 unspecified atom stereocenters. The van der Waals surface area contributed by atoms with Crippen molar-refractivity contribution < 1.29 is 18.3 Å². The molecule has 1 heterocycles. The van der Waals surface area contributed by atoms with Crippen LogP contribution in [0.1, 0.15) is 25.7 Å². The summed E-state index contributed by atoms with van der Waals surface area (Å²) in [7, 11) is -0.332. The Hall–Kier alpha value is -0.660. The van der Waals surface area contributed by atoms with Crippen LogP contribution < -0.4 is 0 Å². The van der Waals surface area contributed by atoms with Gasteiger partial charge in [0.2, 0.25) is 0 Å². The van der Waals surface area contributed by atoms with E-state index < -0.39 is 16.2 Å². The van der Waals surface area contributed by atoms with E-state index in [9.17, 15) is 13.2 Å². The van der Waals surface area contributed by atoms with E-state index >= 15 is 0 Å². The van der Waals surface area contributed by atoms with Crippen molar-refractivity contribution in [2.24, 2.45) is 5.92 Å². The number of carbonyl (C=O) groups is 1. The number of nitrogens with zero attached hydrogens (tertiary/aromatic N) is 2. The summed E-state index contributed by atoms with van der Waals surface area (Å²) in [5.41, 5.74) is 0. The van der Waals surface area contributed by atoms with E-state index in [2.05, 4.69) is 0 Å². The minimum Gasteiger partial charge on any atom is -0.481 e. The van der Waals surface area contributed by atoms with Crippen LogP contribution in [-0.4, -0.2) is 55.3 Å². The summed E-state index contributed by atoms with van der Waals surface area (Å²) in [4.78, 5) is 10.5. The predicted molar refractivity (Wildman–Crippen MR) is 63.8 cm³/mol. The Morgan fingerprint density at radius 2 is 2.12 bits per heavy atom. The first-order chi connectivity index (χ1) is 7.84. The summed E-state index contributed by atoms with van der Waals surface area (Å²) in [6, 6.07) is 0. The largest absolute Gasteiger partial charge is 0.481 e. The molecule has 100 valence electrons. The molecule has 1 aliphatic rings. The highest BCUT2D eigenvalue weighted by atomic mass is 32.2. The van der Waals surface area contributed by atoms with Gasteiger partial charge in [0, 0.05) is 33.6 Å². The third-order valence-electron chi connectivity index (χ3n) is 3.04. The third kappa shape index (κ3) is 3.93. The first-order valence-corrected chi connectivity index (χ1v) is 7.13. The Kier molecular flexibility index (Phi) is 4.91. The van der Waals surface area contributed by atoms with Crippen molar-refractivity contribution in [2.45, 2.75) is 25.7 Å². The van der Waals surface area contributed by atoms with Gasteiger partial charge in [-0.25, -0.2) is 0 Å². The SMILES string of the molecule is CN(C)S(=O)(=O)N1CCCC(CCC(=O)O)C1. The Morgan fingerprint density at radius 1 is 1.47 bits per heavy atom. The van der Waals surface area contributed by atoms with Gasteiger partial charge in [-0.3, -0.25) is 4.79 Å². The maximum absolute atomic E-state index is 11.9. The molecular weight excluding hydrogens is 244 g/mol. The second-order valence-electron chi connectivity index (χ2n) is 4.59. The molecule has 0 aromatic rings. The second-order valence-corrected chi connectivity index (χ2v) is 6.73. The zero-order chi connectivity index (χ0) is 13.1. The molecule has 0 saturated carbocycles. The summed E-state index contributed by atoms with van der Waals surface area (Å²) in [5, 5.41) is 8.62. The number of carboxylic acid groups (broad SMARTS) is 1.